The number of rotatable bonds is 2. The summed E-state index contributed by atoms with van der Waals surface area (Å²) in [6.07, 6.45) is 3.87. The number of amides is 1. The van der Waals surface area contributed by atoms with Crippen LogP contribution in [0, 0.1) is 6.92 Å². The highest BCUT2D eigenvalue weighted by Crippen LogP contribution is 2.28. The second kappa shape index (κ2) is 5.59. The zero-order chi connectivity index (χ0) is 12.4. The van der Waals surface area contributed by atoms with Crippen molar-refractivity contribution in [3.05, 3.63) is 20.8 Å². The van der Waals surface area contributed by atoms with E-state index >= 15 is 0 Å². The van der Waals surface area contributed by atoms with E-state index in [9.17, 15) is 4.79 Å². The molecule has 0 spiro atoms. The van der Waals surface area contributed by atoms with Gasteiger partial charge in [-0.25, -0.2) is 0 Å². The molecule has 0 aliphatic heterocycles. The van der Waals surface area contributed by atoms with Crippen LogP contribution in [0.25, 0.3) is 0 Å². The molecular formula is C12H15Cl2NOS. The van der Waals surface area contributed by atoms with E-state index < -0.39 is 0 Å². The molecule has 1 aliphatic rings. The highest BCUT2D eigenvalue weighted by molar-refractivity contribution is 7.13. The van der Waals surface area contributed by atoms with Gasteiger partial charge in [-0.1, -0.05) is 11.6 Å². The first kappa shape index (κ1) is 13.2. The Morgan fingerprint density at radius 1 is 1.41 bits per heavy atom. The summed E-state index contributed by atoms with van der Waals surface area (Å²) in [5.74, 6) is -0.0499. The van der Waals surface area contributed by atoms with Gasteiger partial charge >= 0.3 is 0 Å². The number of carbonyl (C=O) groups is 1. The molecule has 2 rings (SSSR count). The topological polar surface area (TPSA) is 29.1 Å². The summed E-state index contributed by atoms with van der Waals surface area (Å²) >= 11 is 13.5. The first-order valence-corrected chi connectivity index (χ1v) is 7.46. The molecule has 1 heterocycles. The molecule has 1 saturated carbocycles. The third-order valence-electron chi connectivity index (χ3n) is 3.10. The quantitative estimate of drug-likeness (QED) is 0.820. The van der Waals surface area contributed by atoms with Gasteiger partial charge in [0.1, 0.15) is 4.88 Å². The van der Waals surface area contributed by atoms with E-state index in [1.165, 1.54) is 11.3 Å². The maximum atomic E-state index is 12.0. The Balaban J connectivity index is 1.95. The lowest BCUT2D eigenvalue weighted by molar-refractivity contribution is 0.0932. The lowest BCUT2D eigenvalue weighted by atomic mass is 9.95. The monoisotopic (exact) mass is 291 g/mol. The van der Waals surface area contributed by atoms with E-state index in [1.54, 1.807) is 0 Å². The van der Waals surface area contributed by atoms with Gasteiger partial charge in [0.15, 0.2) is 0 Å². The van der Waals surface area contributed by atoms with Crippen LogP contribution in [-0.4, -0.2) is 17.3 Å². The molecule has 0 bridgehead atoms. The summed E-state index contributed by atoms with van der Waals surface area (Å²) in [6.45, 7) is 1.91. The third kappa shape index (κ3) is 3.15. The minimum Gasteiger partial charge on any atom is -0.349 e. The Hall–Kier alpha value is -0.250. The normalized spacial score (nSPS) is 24.6. The summed E-state index contributed by atoms with van der Waals surface area (Å²) in [7, 11) is 0. The van der Waals surface area contributed by atoms with Crippen molar-refractivity contribution in [2.45, 2.75) is 44.0 Å². The number of halogens is 2. The Morgan fingerprint density at radius 3 is 2.59 bits per heavy atom. The fourth-order valence-corrected chi connectivity index (χ4v) is 3.46. The molecule has 0 radical (unpaired) electrons. The molecule has 0 saturated heterocycles. The number of alkyl halides is 1. The zero-order valence-corrected chi connectivity index (χ0v) is 12.0. The second-order valence-corrected chi connectivity index (χ2v) is 6.36. The summed E-state index contributed by atoms with van der Waals surface area (Å²) in [6, 6.07) is 0.246. The molecule has 5 heteroatoms. The SMILES string of the molecule is Cc1csc(C(=O)NC2CCC(Cl)CC2)c1Cl. The van der Waals surface area contributed by atoms with Crippen LogP contribution >= 0.6 is 34.5 Å². The average molecular weight is 292 g/mol. The third-order valence-corrected chi connectivity index (χ3v) is 5.23. The van der Waals surface area contributed by atoms with Crippen LogP contribution in [0.1, 0.15) is 40.9 Å². The standard InChI is InChI=1S/C12H15Cl2NOS/c1-7-6-17-11(10(7)14)12(16)15-9-4-2-8(13)3-5-9/h6,8-9H,2-5H2,1H3,(H,15,16). The van der Waals surface area contributed by atoms with Crippen molar-refractivity contribution >= 4 is 40.4 Å². The zero-order valence-electron chi connectivity index (χ0n) is 9.63. The summed E-state index contributed by atoms with van der Waals surface area (Å²) in [4.78, 5) is 12.6. The lowest BCUT2D eigenvalue weighted by Crippen LogP contribution is -2.37. The van der Waals surface area contributed by atoms with Gasteiger partial charge in [-0.15, -0.1) is 22.9 Å². The van der Waals surface area contributed by atoms with E-state index in [1.807, 2.05) is 12.3 Å². The van der Waals surface area contributed by atoms with Crippen LogP contribution in [0.4, 0.5) is 0 Å². The van der Waals surface area contributed by atoms with Crippen LogP contribution in [0.15, 0.2) is 5.38 Å². The summed E-state index contributed by atoms with van der Waals surface area (Å²) in [5, 5.41) is 5.80. The van der Waals surface area contributed by atoms with Gasteiger partial charge in [-0.3, -0.25) is 4.79 Å². The molecule has 0 aromatic carbocycles. The van der Waals surface area contributed by atoms with E-state index in [-0.39, 0.29) is 17.3 Å². The van der Waals surface area contributed by atoms with Crippen molar-refractivity contribution in [2.75, 3.05) is 0 Å². The number of hydrogen-bond acceptors (Lipinski definition) is 2. The number of carbonyl (C=O) groups excluding carboxylic acids is 1. The predicted molar refractivity (Wildman–Crippen MR) is 73.4 cm³/mol. The molecule has 1 N–H and O–H groups in total. The van der Waals surface area contributed by atoms with Gasteiger partial charge < -0.3 is 5.32 Å². The van der Waals surface area contributed by atoms with Gasteiger partial charge in [0.2, 0.25) is 0 Å². The molecule has 2 nitrogen and oxygen atoms in total. The van der Waals surface area contributed by atoms with Crippen molar-refractivity contribution in [3.8, 4) is 0 Å². The van der Waals surface area contributed by atoms with Crippen LogP contribution < -0.4 is 5.32 Å². The van der Waals surface area contributed by atoms with Crippen molar-refractivity contribution in [1.82, 2.24) is 5.32 Å². The highest BCUT2D eigenvalue weighted by Gasteiger charge is 2.23. The largest absolute Gasteiger partial charge is 0.349 e. The molecule has 1 fully saturated rings. The van der Waals surface area contributed by atoms with Crippen LogP contribution in [0.5, 0.6) is 0 Å². The fourth-order valence-electron chi connectivity index (χ4n) is 2.03. The Labute approximate surface area is 115 Å². The fraction of sp³-hybridized carbons (Fsp3) is 0.583. The molecule has 1 aliphatic carbocycles. The van der Waals surface area contributed by atoms with E-state index in [0.717, 1.165) is 31.2 Å². The van der Waals surface area contributed by atoms with Crippen LogP contribution in [-0.2, 0) is 0 Å². The smallest absolute Gasteiger partial charge is 0.263 e. The maximum Gasteiger partial charge on any atom is 0.263 e. The van der Waals surface area contributed by atoms with Gasteiger partial charge in [0, 0.05) is 11.4 Å². The molecule has 0 atom stereocenters. The maximum absolute atomic E-state index is 12.0. The van der Waals surface area contributed by atoms with Crippen molar-refractivity contribution in [2.24, 2.45) is 0 Å². The van der Waals surface area contributed by atoms with Gasteiger partial charge in [-0.2, -0.15) is 0 Å². The van der Waals surface area contributed by atoms with Gasteiger partial charge in [-0.05, 0) is 43.6 Å². The van der Waals surface area contributed by atoms with Crippen LogP contribution in [0.2, 0.25) is 5.02 Å². The predicted octanol–water partition coefficient (Wildman–Crippen LogP) is 3.99. The summed E-state index contributed by atoms with van der Waals surface area (Å²) < 4.78 is 0. The van der Waals surface area contributed by atoms with Gasteiger partial charge in [0.25, 0.3) is 5.91 Å². The van der Waals surface area contributed by atoms with Gasteiger partial charge in [0.05, 0.1) is 5.02 Å². The number of aryl methyl sites for hydroxylation is 1. The first-order chi connectivity index (χ1) is 8.08. The van der Waals surface area contributed by atoms with Crippen molar-refractivity contribution < 1.29 is 4.79 Å². The number of thiophene rings is 1. The minimum atomic E-state index is -0.0499. The van der Waals surface area contributed by atoms with Crippen molar-refractivity contribution in [3.63, 3.8) is 0 Å². The minimum absolute atomic E-state index is 0.0499. The van der Waals surface area contributed by atoms with Crippen LogP contribution in [0.3, 0.4) is 0 Å². The Kier molecular flexibility index (Phi) is 4.34. The molecule has 17 heavy (non-hydrogen) atoms. The van der Waals surface area contributed by atoms with Crippen molar-refractivity contribution in [1.29, 1.82) is 0 Å². The van der Waals surface area contributed by atoms with E-state index in [4.69, 9.17) is 23.2 Å². The molecule has 1 amide bonds. The van der Waals surface area contributed by atoms with E-state index in [0.29, 0.717) is 9.90 Å². The second-order valence-electron chi connectivity index (χ2n) is 4.48. The first-order valence-electron chi connectivity index (χ1n) is 5.76. The Morgan fingerprint density at radius 2 is 2.06 bits per heavy atom. The molecule has 94 valence electrons. The Bertz CT molecular complexity index is 411. The average Bonchev–Trinajstić information content (AvgIpc) is 2.63. The number of nitrogens with one attached hydrogen (secondary N) is 1. The lowest BCUT2D eigenvalue weighted by Gasteiger charge is -2.25. The number of hydrogen-bond donors (Lipinski definition) is 1. The highest BCUT2D eigenvalue weighted by atomic mass is 35.5. The molecule has 0 unspecified atom stereocenters. The molecular weight excluding hydrogens is 277 g/mol. The molecule has 1 aromatic heterocycles. The van der Waals surface area contributed by atoms with E-state index in [2.05, 4.69) is 5.32 Å². The summed E-state index contributed by atoms with van der Waals surface area (Å²) in [5.41, 5.74) is 0.964. The molecule has 1 aromatic rings.